The topological polar surface area (TPSA) is 56.3 Å². The van der Waals surface area contributed by atoms with Gasteiger partial charge < -0.3 is 4.42 Å². The number of halogens is 1. The largest absolute Gasteiger partial charge is 0.437 e. The minimum atomic E-state index is -0.501. The van der Waals surface area contributed by atoms with Gasteiger partial charge in [-0.3, -0.25) is 10.1 Å². The molecule has 0 atom stereocenters. The Labute approximate surface area is 94.2 Å². The smallest absolute Gasteiger partial charge is 0.400 e. The fourth-order valence-electron chi connectivity index (χ4n) is 1.50. The third-order valence-electron chi connectivity index (χ3n) is 2.36. The summed E-state index contributed by atoms with van der Waals surface area (Å²) in [6, 6.07) is 3.63. The van der Waals surface area contributed by atoms with Crippen molar-refractivity contribution < 1.29 is 9.34 Å². The number of nitro groups is 1. The highest BCUT2D eigenvalue weighted by atomic mass is 79.9. The van der Waals surface area contributed by atoms with E-state index in [2.05, 4.69) is 15.9 Å². The highest BCUT2D eigenvalue weighted by molar-refractivity contribution is 9.10. The second kappa shape index (κ2) is 3.34. The molecule has 0 fully saturated rings. The molecule has 0 unspecified atom stereocenters. The number of fused-ring (bicyclic) bond motifs is 1. The molecule has 1 heterocycles. The number of furan rings is 1. The van der Waals surface area contributed by atoms with Crippen LogP contribution in [0.5, 0.6) is 0 Å². The summed E-state index contributed by atoms with van der Waals surface area (Å²) >= 11 is 3.39. The molecule has 0 radical (unpaired) electrons. The first-order valence-corrected chi connectivity index (χ1v) is 5.13. The second-order valence-corrected chi connectivity index (χ2v) is 4.24. The quantitative estimate of drug-likeness (QED) is 0.586. The maximum Gasteiger partial charge on any atom is 0.437 e. The SMILES string of the molecule is Cc1cc2oc([N+](=O)[O-])c(C)c2cc1Br. The number of hydrogen-bond acceptors (Lipinski definition) is 3. The van der Waals surface area contributed by atoms with E-state index in [4.69, 9.17) is 4.42 Å². The number of aryl methyl sites for hydroxylation is 2. The fourth-order valence-corrected chi connectivity index (χ4v) is 1.85. The molecule has 2 rings (SSSR count). The Morgan fingerprint density at radius 1 is 1.40 bits per heavy atom. The molecule has 0 amide bonds. The third kappa shape index (κ3) is 1.52. The zero-order valence-corrected chi connectivity index (χ0v) is 9.79. The van der Waals surface area contributed by atoms with Crippen molar-refractivity contribution in [2.24, 2.45) is 0 Å². The molecule has 2 aromatic rings. The van der Waals surface area contributed by atoms with Crippen molar-refractivity contribution in [2.75, 3.05) is 0 Å². The normalized spacial score (nSPS) is 10.9. The Morgan fingerprint density at radius 3 is 2.67 bits per heavy atom. The molecular weight excluding hydrogens is 262 g/mol. The van der Waals surface area contributed by atoms with E-state index in [-0.39, 0.29) is 5.88 Å². The summed E-state index contributed by atoms with van der Waals surface area (Å²) in [5.74, 6) is -0.178. The van der Waals surface area contributed by atoms with Gasteiger partial charge in [0.15, 0.2) is 0 Å². The van der Waals surface area contributed by atoms with Gasteiger partial charge in [0.1, 0.15) is 10.5 Å². The van der Waals surface area contributed by atoms with Crippen LogP contribution in [0.1, 0.15) is 11.1 Å². The van der Waals surface area contributed by atoms with E-state index < -0.39 is 4.92 Å². The molecule has 15 heavy (non-hydrogen) atoms. The molecule has 0 N–H and O–H groups in total. The number of nitrogens with zero attached hydrogens (tertiary/aromatic N) is 1. The Bertz CT molecular complexity index is 559. The van der Waals surface area contributed by atoms with Crippen LogP contribution in [0.15, 0.2) is 21.0 Å². The molecular formula is C10H8BrNO3. The van der Waals surface area contributed by atoms with Crippen LogP contribution in [0.2, 0.25) is 0 Å². The summed E-state index contributed by atoms with van der Waals surface area (Å²) < 4.78 is 6.10. The van der Waals surface area contributed by atoms with Crippen LogP contribution >= 0.6 is 15.9 Å². The molecule has 0 aliphatic rings. The van der Waals surface area contributed by atoms with Crippen molar-refractivity contribution in [3.8, 4) is 0 Å². The molecule has 0 saturated heterocycles. The standard InChI is InChI=1S/C10H8BrNO3/c1-5-3-9-7(4-8(5)11)6(2)10(15-9)12(13)14/h3-4H,1-2H3. The van der Waals surface area contributed by atoms with Gasteiger partial charge in [-0.1, -0.05) is 15.9 Å². The minimum Gasteiger partial charge on any atom is -0.400 e. The highest BCUT2D eigenvalue weighted by Crippen LogP contribution is 2.33. The van der Waals surface area contributed by atoms with Crippen LogP contribution in [0.3, 0.4) is 0 Å². The Morgan fingerprint density at radius 2 is 2.07 bits per heavy atom. The summed E-state index contributed by atoms with van der Waals surface area (Å²) in [7, 11) is 0. The predicted molar refractivity (Wildman–Crippen MR) is 60.0 cm³/mol. The van der Waals surface area contributed by atoms with Crippen molar-refractivity contribution in [3.63, 3.8) is 0 Å². The maximum absolute atomic E-state index is 10.7. The molecule has 0 aliphatic carbocycles. The van der Waals surface area contributed by atoms with E-state index in [1.807, 2.05) is 13.0 Å². The summed E-state index contributed by atoms with van der Waals surface area (Å²) in [6.07, 6.45) is 0. The molecule has 4 nitrogen and oxygen atoms in total. The molecule has 0 spiro atoms. The van der Waals surface area contributed by atoms with Gasteiger partial charge in [-0.2, -0.15) is 0 Å². The first kappa shape index (κ1) is 10.2. The van der Waals surface area contributed by atoms with Crippen LogP contribution in [0.25, 0.3) is 11.0 Å². The van der Waals surface area contributed by atoms with Crippen molar-refractivity contribution >= 4 is 32.8 Å². The van der Waals surface area contributed by atoms with Gasteiger partial charge in [0, 0.05) is 9.86 Å². The van der Waals surface area contributed by atoms with E-state index in [0.717, 1.165) is 15.4 Å². The first-order chi connectivity index (χ1) is 7.00. The third-order valence-corrected chi connectivity index (χ3v) is 3.21. The maximum atomic E-state index is 10.7. The Hall–Kier alpha value is -1.36. The second-order valence-electron chi connectivity index (χ2n) is 3.39. The average molecular weight is 270 g/mol. The van der Waals surface area contributed by atoms with Gasteiger partial charge in [0.05, 0.1) is 5.56 Å². The van der Waals surface area contributed by atoms with Crippen molar-refractivity contribution in [1.82, 2.24) is 0 Å². The van der Waals surface area contributed by atoms with E-state index in [1.165, 1.54) is 0 Å². The van der Waals surface area contributed by atoms with Gasteiger partial charge in [-0.15, -0.1) is 0 Å². The lowest BCUT2D eigenvalue weighted by Crippen LogP contribution is -1.86. The molecule has 0 aliphatic heterocycles. The molecule has 1 aromatic carbocycles. The van der Waals surface area contributed by atoms with Gasteiger partial charge >= 0.3 is 5.88 Å². The lowest BCUT2D eigenvalue weighted by molar-refractivity contribution is -0.402. The Kier molecular flexibility index (Phi) is 2.26. The molecule has 78 valence electrons. The average Bonchev–Trinajstić information content (AvgIpc) is 2.46. The van der Waals surface area contributed by atoms with E-state index >= 15 is 0 Å². The fraction of sp³-hybridized carbons (Fsp3) is 0.200. The van der Waals surface area contributed by atoms with E-state index in [9.17, 15) is 10.1 Å². The van der Waals surface area contributed by atoms with E-state index in [1.54, 1.807) is 13.0 Å². The van der Waals surface area contributed by atoms with Gasteiger partial charge in [0.25, 0.3) is 0 Å². The van der Waals surface area contributed by atoms with Crippen molar-refractivity contribution in [3.05, 3.63) is 37.8 Å². The van der Waals surface area contributed by atoms with Gasteiger partial charge in [-0.25, -0.2) is 0 Å². The summed E-state index contributed by atoms with van der Waals surface area (Å²) in [5, 5.41) is 11.4. The van der Waals surface area contributed by atoms with Crippen molar-refractivity contribution in [2.45, 2.75) is 13.8 Å². The molecule has 0 saturated carbocycles. The first-order valence-electron chi connectivity index (χ1n) is 4.34. The molecule has 5 heteroatoms. The van der Waals surface area contributed by atoms with E-state index in [0.29, 0.717) is 11.1 Å². The summed E-state index contributed by atoms with van der Waals surface area (Å²) in [6.45, 7) is 3.60. The lowest BCUT2D eigenvalue weighted by Gasteiger charge is -1.96. The summed E-state index contributed by atoms with van der Waals surface area (Å²) in [4.78, 5) is 10.2. The highest BCUT2D eigenvalue weighted by Gasteiger charge is 2.20. The number of benzene rings is 1. The van der Waals surface area contributed by atoms with Crippen LogP contribution < -0.4 is 0 Å². The summed E-state index contributed by atoms with van der Waals surface area (Å²) in [5.41, 5.74) is 2.11. The molecule has 1 aromatic heterocycles. The number of rotatable bonds is 1. The number of hydrogen-bond donors (Lipinski definition) is 0. The predicted octanol–water partition coefficient (Wildman–Crippen LogP) is 3.72. The Balaban J connectivity index is 2.83. The molecule has 0 bridgehead atoms. The van der Waals surface area contributed by atoms with Crippen LogP contribution in [-0.2, 0) is 0 Å². The van der Waals surface area contributed by atoms with Crippen molar-refractivity contribution in [1.29, 1.82) is 0 Å². The lowest BCUT2D eigenvalue weighted by atomic mass is 10.1. The zero-order chi connectivity index (χ0) is 11.2. The van der Waals surface area contributed by atoms with Gasteiger partial charge in [0.2, 0.25) is 0 Å². The monoisotopic (exact) mass is 269 g/mol. The van der Waals surface area contributed by atoms with Crippen LogP contribution in [0, 0.1) is 24.0 Å². The van der Waals surface area contributed by atoms with Crippen LogP contribution in [0.4, 0.5) is 5.88 Å². The minimum absolute atomic E-state index is 0.178. The zero-order valence-electron chi connectivity index (χ0n) is 8.20. The van der Waals surface area contributed by atoms with Gasteiger partial charge in [-0.05, 0) is 31.5 Å². The van der Waals surface area contributed by atoms with Crippen LogP contribution in [-0.4, -0.2) is 4.92 Å².